The van der Waals surface area contributed by atoms with E-state index in [2.05, 4.69) is 54.7 Å². The largest absolute Gasteiger partial charge is 0.511 e. The minimum atomic E-state index is -1.45. The number of aromatic hydroxyl groups is 1. The molecule has 0 saturated heterocycles. The van der Waals surface area contributed by atoms with Gasteiger partial charge in [0.2, 0.25) is 0 Å². The van der Waals surface area contributed by atoms with Crippen molar-refractivity contribution < 1.29 is 19.7 Å². The summed E-state index contributed by atoms with van der Waals surface area (Å²) in [7, 11) is 0. The zero-order valence-electron chi connectivity index (χ0n) is 10.2. The van der Waals surface area contributed by atoms with Crippen LogP contribution in [0.5, 0.6) is 11.5 Å². The predicted octanol–water partition coefficient (Wildman–Crippen LogP) is 5.47. The highest BCUT2D eigenvalue weighted by molar-refractivity contribution is 9.14. The molecule has 0 spiro atoms. The van der Waals surface area contributed by atoms with E-state index in [1.54, 1.807) is 0 Å². The van der Waals surface area contributed by atoms with Crippen LogP contribution >= 0.6 is 47.8 Å². The molecule has 0 heterocycles. The summed E-state index contributed by atoms with van der Waals surface area (Å²) in [6.07, 6.45) is 2.13. The van der Waals surface area contributed by atoms with Gasteiger partial charge in [0.05, 0.1) is 8.95 Å². The molecule has 0 fully saturated rings. The average Bonchev–Trinajstić information content (AvgIpc) is 2.36. The zero-order valence-corrected chi connectivity index (χ0v) is 14.9. The van der Waals surface area contributed by atoms with E-state index in [1.165, 1.54) is 0 Å². The van der Waals surface area contributed by atoms with Crippen molar-refractivity contribution >= 4 is 53.9 Å². The van der Waals surface area contributed by atoms with E-state index < -0.39 is 6.16 Å². The molecule has 1 rings (SSSR count). The molecule has 0 aliphatic carbocycles. The summed E-state index contributed by atoms with van der Waals surface area (Å²) in [4.78, 5) is 10.7. The fourth-order valence-electron chi connectivity index (χ4n) is 1.65. The highest BCUT2D eigenvalue weighted by atomic mass is 79.9. The van der Waals surface area contributed by atoms with Crippen LogP contribution in [0.3, 0.4) is 0 Å². The Labute approximate surface area is 136 Å². The number of hydrogen-bond acceptors (Lipinski definition) is 3. The predicted molar refractivity (Wildman–Crippen MR) is 83.1 cm³/mol. The summed E-state index contributed by atoms with van der Waals surface area (Å²) < 4.78 is 6.38. The van der Waals surface area contributed by atoms with E-state index >= 15 is 0 Å². The second kappa shape index (κ2) is 7.50. The molecule has 19 heavy (non-hydrogen) atoms. The number of hydrogen-bond donors (Lipinski definition) is 2. The van der Waals surface area contributed by atoms with Crippen molar-refractivity contribution in [1.29, 1.82) is 0 Å². The Morgan fingerprint density at radius 3 is 2.32 bits per heavy atom. The van der Waals surface area contributed by atoms with Gasteiger partial charge in [0.25, 0.3) is 0 Å². The number of rotatable bonds is 5. The normalized spacial score (nSPS) is 10.5. The topological polar surface area (TPSA) is 66.8 Å². The van der Waals surface area contributed by atoms with Crippen molar-refractivity contribution in [1.82, 2.24) is 0 Å². The maximum Gasteiger partial charge on any atom is 0.511 e. The molecule has 106 valence electrons. The molecule has 0 unspecified atom stereocenters. The molecular weight excluding hydrogens is 448 g/mol. The van der Waals surface area contributed by atoms with Gasteiger partial charge in [-0.05, 0) is 60.6 Å². The second-order valence-corrected chi connectivity index (χ2v) is 6.30. The summed E-state index contributed by atoms with van der Waals surface area (Å²) >= 11 is 9.92. The maximum absolute atomic E-state index is 10.7. The van der Waals surface area contributed by atoms with Gasteiger partial charge in [-0.3, -0.25) is 0 Å². The Bertz CT molecular complexity index is 489. The molecule has 0 atom stereocenters. The molecule has 1 aromatic carbocycles. The molecule has 2 N–H and O–H groups in total. The third kappa shape index (κ3) is 4.10. The zero-order chi connectivity index (χ0) is 14.6. The van der Waals surface area contributed by atoms with Gasteiger partial charge in [-0.1, -0.05) is 19.8 Å². The van der Waals surface area contributed by atoms with Gasteiger partial charge in [-0.2, -0.15) is 0 Å². The lowest BCUT2D eigenvalue weighted by Gasteiger charge is -2.15. The van der Waals surface area contributed by atoms with E-state index in [4.69, 9.17) is 9.84 Å². The summed E-state index contributed by atoms with van der Waals surface area (Å²) in [6.45, 7) is 2.08. The van der Waals surface area contributed by atoms with Gasteiger partial charge in [-0.15, -0.1) is 0 Å². The molecule has 0 saturated carbocycles. The molecule has 1 aromatic rings. The Balaban J connectivity index is 3.26. The summed E-state index contributed by atoms with van der Waals surface area (Å²) in [5.74, 6) is -0.241. The number of phenolic OH excluding ortho intramolecular Hbond substituents is 1. The van der Waals surface area contributed by atoms with Crippen LogP contribution in [0.15, 0.2) is 13.4 Å². The highest BCUT2D eigenvalue weighted by Gasteiger charge is 2.22. The van der Waals surface area contributed by atoms with Gasteiger partial charge >= 0.3 is 6.16 Å². The number of halogens is 3. The van der Waals surface area contributed by atoms with E-state index in [9.17, 15) is 9.90 Å². The van der Waals surface area contributed by atoms with Gasteiger partial charge < -0.3 is 14.9 Å². The van der Waals surface area contributed by atoms with Crippen molar-refractivity contribution in [2.24, 2.45) is 0 Å². The van der Waals surface area contributed by atoms with Crippen molar-refractivity contribution in [3.05, 3.63) is 19.0 Å². The Hall–Kier alpha value is -0.270. The van der Waals surface area contributed by atoms with E-state index in [0.29, 0.717) is 25.4 Å². The maximum atomic E-state index is 10.7. The van der Waals surface area contributed by atoms with Crippen LogP contribution in [-0.2, 0) is 6.42 Å². The number of carboxylic acid groups (broad SMARTS) is 1. The summed E-state index contributed by atoms with van der Waals surface area (Å²) in [5, 5.41) is 18.8. The highest BCUT2D eigenvalue weighted by Crippen LogP contribution is 2.48. The first-order valence-electron chi connectivity index (χ1n) is 5.69. The van der Waals surface area contributed by atoms with Gasteiger partial charge in [0.1, 0.15) is 0 Å². The van der Waals surface area contributed by atoms with E-state index in [-0.39, 0.29) is 11.5 Å². The van der Waals surface area contributed by atoms with Crippen LogP contribution in [0, 0.1) is 0 Å². The monoisotopic (exact) mass is 458 g/mol. The van der Waals surface area contributed by atoms with Crippen molar-refractivity contribution in [2.75, 3.05) is 0 Å². The number of benzene rings is 1. The molecule has 0 bridgehead atoms. The minimum Gasteiger partial charge on any atom is -0.503 e. The Morgan fingerprint density at radius 1 is 1.16 bits per heavy atom. The average molecular weight is 461 g/mol. The number of ether oxygens (including phenoxy) is 1. The van der Waals surface area contributed by atoms with E-state index in [1.807, 2.05) is 0 Å². The van der Waals surface area contributed by atoms with Crippen LogP contribution in [-0.4, -0.2) is 16.4 Å². The second-order valence-electron chi connectivity index (χ2n) is 3.92. The third-order valence-electron chi connectivity index (χ3n) is 2.57. The van der Waals surface area contributed by atoms with Crippen LogP contribution in [0.25, 0.3) is 0 Å². The molecule has 0 aliphatic heterocycles. The number of unbranched alkanes of at least 4 members (excludes halogenated alkanes) is 2. The van der Waals surface area contributed by atoms with Crippen LogP contribution < -0.4 is 4.74 Å². The van der Waals surface area contributed by atoms with E-state index in [0.717, 1.165) is 19.3 Å². The number of phenols is 1. The third-order valence-corrected chi connectivity index (χ3v) is 6.07. The first-order chi connectivity index (χ1) is 8.90. The van der Waals surface area contributed by atoms with Crippen LogP contribution in [0.2, 0.25) is 0 Å². The lowest BCUT2D eigenvalue weighted by atomic mass is 10.1. The summed E-state index contributed by atoms with van der Waals surface area (Å²) in [6, 6.07) is 0. The fraction of sp³-hybridized carbons (Fsp3) is 0.417. The molecule has 0 radical (unpaired) electrons. The summed E-state index contributed by atoms with van der Waals surface area (Å²) in [5.41, 5.74) is 0.642. The van der Waals surface area contributed by atoms with Crippen molar-refractivity contribution in [3.8, 4) is 11.5 Å². The lowest BCUT2D eigenvalue weighted by molar-refractivity contribution is 0.142. The number of carbonyl (C=O) groups is 1. The Morgan fingerprint density at radius 2 is 1.79 bits per heavy atom. The quantitative estimate of drug-likeness (QED) is 0.264. The molecule has 7 heteroatoms. The lowest BCUT2D eigenvalue weighted by Crippen LogP contribution is -2.07. The molecule has 4 nitrogen and oxygen atoms in total. The van der Waals surface area contributed by atoms with Crippen LogP contribution in [0.4, 0.5) is 4.79 Å². The molecule has 0 amide bonds. The SMILES string of the molecule is CCCCCc1c(Br)c(Br)c(Br)c(O)c1OC(=O)O. The van der Waals surface area contributed by atoms with Gasteiger partial charge in [0, 0.05) is 10.0 Å². The van der Waals surface area contributed by atoms with Crippen molar-refractivity contribution in [2.45, 2.75) is 32.6 Å². The van der Waals surface area contributed by atoms with Gasteiger partial charge in [-0.25, -0.2) is 4.79 Å². The van der Waals surface area contributed by atoms with Crippen molar-refractivity contribution in [3.63, 3.8) is 0 Å². The van der Waals surface area contributed by atoms with Gasteiger partial charge in [0.15, 0.2) is 11.5 Å². The fourth-order valence-corrected chi connectivity index (χ4v) is 3.30. The Kier molecular flexibility index (Phi) is 6.62. The molecule has 0 aliphatic rings. The molecular formula is C12H13Br3O4. The first-order valence-corrected chi connectivity index (χ1v) is 8.07. The first kappa shape index (κ1) is 16.8. The minimum absolute atomic E-state index is 0.0226. The molecule has 0 aromatic heterocycles. The smallest absolute Gasteiger partial charge is 0.503 e. The standard InChI is InChI=1S/C12H13Br3O4/c1-2-3-4-5-6-7(13)8(14)9(15)10(16)11(6)19-12(17)18/h16H,2-5H2,1H3,(H,17,18). The van der Waals surface area contributed by atoms with Crippen LogP contribution in [0.1, 0.15) is 31.7 Å².